The summed E-state index contributed by atoms with van der Waals surface area (Å²) < 4.78 is 5.07. The maximum Gasteiger partial charge on any atom is 0.407 e. The second-order valence-electron chi connectivity index (χ2n) is 5.61. The highest BCUT2D eigenvalue weighted by Crippen LogP contribution is 2.09. The van der Waals surface area contributed by atoms with Crippen LogP contribution in [0.2, 0.25) is 0 Å². The third kappa shape index (κ3) is 6.76. The van der Waals surface area contributed by atoms with Crippen molar-refractivity contribution in [2.45, 2.75) is 32.4 Å². The van der Waals surface area contributed by atoms with E-state index in [0.29, 0.717) is 6.54 Å². The summed E-state index contributed by atoms with van der Waals surface area (Å²) in [7, 11) is 0. The molecule has 0 aliphatic heterocycles. The zero-order valence-corrected chi connectivity index (χ0v) is 12.7. The van der Waals surface area contributed by atoms with E-state index in [1.165, 1.54) is 0 Å². The van der Waals surface area contributed by atoms with Crippen molar-refractivity contribution >= 4 is 12.0 Å². The molecule has 116 valence electrons. The van der Waals surface area contributed by atoms with Crippen LogP contribution in [0.3, 0.4) is 0 Å². The van der Waals surface area contributed by atoms with Gasteiger partial charge in [-0.3, -0.25) is 4.79 Å². The second-order valence-corrected chi connectivity index (χ2v) is 5.61. The van der Waals surface area contributed by atoms with E-state index >= 15 is 0 Å². The summed E-state index contributed by atoms with van der Waals surface area (Å²) in [5.41, 5.74) is 6.05. The first-order chi connectivity index (χ1) is 9.79. The molecule has 0 aromatic heterocycles. The van der Waals surface area contributed by atoms with Crippen LogP contribution >= 0.6 is 0 Å². The highest BCUT2D eigenvalue weighted by molar-refractivity contribution is 5.82. The van der Waals surface area contributed by atoms with Crippen molar-refractivity contribution in [1.29, 1.82) is 0 Å². The summed E-state index contributed by atoms with van der Waals surface area (Å²) >= 11 is 0. The van der Waals surface area contributed by atoms with Gasteiger partial charge in [0.25, 0.3) is 0 Å². The number of rotatable bonds is 5. The van der Waals surface area contributed by atoms with Crippen LogP contribution in [0.4, 0.5) is 4.79 Å². The van der Waals surface area contributed by atoms with Gasteiger partial charge < -0.3 is 21.1 Å². The van der Waals surface area contributed by atoms with Crippen LogP contribution in [0.5, 0.6) is 0 Å². The van der Waals surface area contributed by atoms with Crippen LogP contribution in [-0.4, -0.2) is 30.7 Å². The van der Waals surface area contributed by atoms with Crippen molar-refractivity contribution in [1.82, 2.24) is 10.6 Å². The number of alkyl carbamates (subject to hydrolysis) is 1. The van der Waals surface area contributed by atoms with Crippen molar-refractivity contribution < 1.29 is 14.3 Å². The number of benzene rings is 1. The van der Waals surface area contributed by atoms with Gasteiger partial charge in [-0.15, -0.1) is 0 Å². The largest absolute Gasteiger partial charge is 0.444 e. The SMILES string of the molecule is CC(C)(C)OC(=O)NCCNC(=O)C(N)c1ccccc1. The zero-order valence-electron chi connectivity index (χ0n) is 12.7. The zero-order chi connectivity index (χ0) is 15.9. The Morgan fingerprint density at radius 2 is 1.71 bits per heavy atom. The molecular weight excluding hydrogens is 270 g/mol. The lowest BCUT2D eigenvalue weighted by atomic mass is 10.1. The highest BCUT2D eigenvalue weighted by atomic mass is 16.6. The van der Waals surface area contributed by atoms with E-state index in [2.05, 4.69) is 10.6 Å². The topological polar surface area (TPSA) is 93.5 Å². The molecule has 0 saturated heterocycles. The fraction of sp³-hybridized carbons (Fsp3) is 0.467. The van der Waals surface area contributed by atoms with Crippen molar-refractivity contribution in [2.24, 2.45) is 5.73 Å². The molecule has 0 fully saturated rings. The molecule has 0 heterocycles. The Morgan fingerprint density at radius 1 is 1.14 bits per heavy atom. The van der Waals surface area contributed by atoms with E-state index in [1.54, 1.807) is 32.9 Å². The fourth-order valence-corrected chi connectivity index (χ4v) is 1.59. The molecule has 0 spiro atoms. The van der Waals surface area contributed by atoms with Gasteiger partial charge in [-0.2, -0.15) is 0 Å². The molecule has 4 N–H and O–H groups in total. The first-order valence-corrected chi connectivity index (χ1v) is 6.84. The summed E-state index contributed by atoms with van der Waals surface area (Å²) in [6.45, 7) is 5.93. The van der Waals surface area contributed by atoms with Gasteiger partial charge in [0.15, 0.2) is 0 Å². The Balaban J connectivity index is 2.27. The molecule has 0 saturated carbocycles. The Kier molecular flexibility index (Phi) is 6.17. The summed E-state index contributed by atoms with van der Waals surface area (Å²) in [5, 5.41) is 5.22. The van der Waals surface area contributed by atoms with Crippen molar-refractivity contribution in [3.63, 3.8) is 0 Å². The van der Waals surface area contributed by atoms with Gasteiger partial charge in [-0.05, 0) is 26.3 Å². The van der Waals surface area contributed by atoms with Crippen LogP contribution < -0.4 is 16.4 Å². The standard InChI is InChI=1S/C15H23N3O3/c1-15(2,3)21-14(20)18-10-9-17-13(19)12(16)11-7-5-4-6-8-11/h4-8,12H,9-10,16H2,1-3H3,(H,17,19)(H,18,20). The third-order valence-corrected chi connectivity index (χ3v) is 2.53. The van der Waals surface area contributed by atoms with Gasteiger partial charge in [0.2, 0.25) is 5.91 Å². The molecule has 1 aromatic rings. The van der Waals surface area contributed by atoms with Gasteiger partial charge in [0.1, 0.15) is 11.6 Å². The lowest BCUT2D eigenvalue weighted by molar-refractivity contribution is -0.122. The highest BCUT2D eigenvalue weighted by Gasteiger charge is 2.16. The Labute approximate surface area is 125 Å². The van der Waals surface area contributed by atoms with Crippen molar-refractivity contribution in [3.05, 3.63) is 35.9 Å². The van der Waals surface area contributed by atoms with Gasteiger partial charge in [-0.25, -0.2) is 4.79 Å². The Morgan fingerprint density at radius 3 is 2.29 bits per heavy atom. The van der Waals surface area contributed by atoms with E-state index in [-0.39, 0.29) is 12.5 Å². The minimum Gasteiger partial charge on any atom is -0.444 e. The smallest absolute Gasteiger partial charge is 0.407 e. The van der Waals surface area contributed by atoms with Gasteiger partial charge in [-0.1, -0.05) is 30.3 Å². The second kappa shape index (κ2) is 7.64. The molecule has 6 heteroatoms. The van der Waals surface area contributed by atoms with Gasteiger partial charge in [0, 0.05) is 13.1 Å². The first kappa shape index (κ1) is 17.0. The molecular formula is C15H23N3O3. The van der Waals surface area contributed by atoms with Crippen LogP contribution in [0, 0.1) is 0 Å². The van der Waals surface area contributed by atoms with E-state index in [9.17, 15) is 9.59 Å². The fourth-order valence-electron chi connectivity index (χ4n) is 1.59. The van der Waals surface area contributed by atoms with Gasteiger partial charge in [0.05, 0.1) is 0 Å². The number of carbonyl (C=O) groups is 2. The van der Waals surface area contributed by atoms with E-state index in [1.807, 2.05) is 18.2 Å². The number of ether oxygens (including phenoxy) is 1. The number of nitrogens with two attached hydrogens (primary N) is 1. The lowest BCUT2D eigenvalue weighted by Gasteiger charge is -2.19. The maximum absolute atomic E-state index is 11.8. The van der Waals surface area contributed by atoms with Gasteiger partial charge >= 0.3 is 6.09 Å². The molecule has 0 aliphatic carbocycles. The van der Waals surface area contributed by atoms with Crippen LogP contribution in [0.15, 0.2) is 30.3 Å². The summed E-state index contributed by atoms with van der Waals surface area (Å²) in [5.74, 6) is -0.285. The average molecular weight is 293 g/mol. The quantitative estimate of drug-likeness (QED) is 0.714. The molecule has 1 atom stereocenters. The number of nitrogens with one attached hydrogen (secondary N) is 2. The van der Waals surface area contributed by atoms with Crippen molar-refractivity contribution in [2.75, 3.05) is 13.1 Å². The lowest BCUT2D eigenvalue weighted by Crippen LogP contribution is -2.40. The molecule has 0 radical (unpaired) electrons. The Bertz CT molecular complexity index is 469. The van der Waals surface area contributed by atoms with E-state index in [0.717, 1.165) is 5.56 Å². The molecule has 2 amide bonds. The van der Waals surface area contributed by atoms with Crippen molar-refractivity contribution in [3.8, 4) is 0 Å². The number of hydrogen-bond acceptors (Lipinski definition) is 4. The Hall–Kier alpha value is -2.08. The predicted molar refractivity (Wildman–Crippen MR) is 80.6 cm³/mol. The molecule has 21 heavy (non-hydrogen) atoms. The molecule has 1 unspecified atom stereocenters. The van der Waals surface area contributed by atoms with Crippen LogP contribution in [-0.2, 0) is 9.53 Å². The molecule has 6 nitrogen and oxygen atoms in total. The molecule has 0 aliphatic rings. The predicted octanol–water partition coefficient (Wildman–Crippen LogP) is 1.33. The average Bonchev–Trinajstić information content (AvgIpc) is 2.41. The minimum atomic E-state index is -0.715. The molecule has 1 rings (SSSR count). The summed E-state index contributed by atoms with van der Waals surface area (Å²) in [4.78, 5) is 23.2. The maximum atomic E-state index is 11.8. The number of hydrogen-bond donors (Lipinski definition) is 3. The number of amides is 2. The van der Waals surface area contributed by atoms with Crippen LogP contribution in [0.25, 0.3) is 0 Å². The number of carbonyl (C=O) groups excluding carboxylic acids is 2. The summed E-state index contributed by atoms with van der Waals surface area (Å²) in [6, 6.07) is 8.39. The first-order valence-electron chi connectivity index (χ1n) is 6.84. The third-order valence-electron chi connectivity index (χ3n) is 2.53. The minimum absolute atomic E-state index is 0.280. The summed E-state index contributed by atoms with van der Waals surface area (Å²) in [6.07, 6.45) is -0.510. The molecule has 1 aromatic carbocycles. The monoisotopic (exact) mass is 293 g/mol. The normalized spacial score (nSPS) is 12.4. The van der Waals surface area contributed by atoms with E-state index in [4.69, 9.17) is 10.5 Å². The van der Waals surface area contributed by atoms with Crippen LogP contribution in [0.1, 0.15) is 32.4 Å². The molecule has 0 bridgehead atoms. The van der Waals surface area contributed by atoms with E-state index < -0.39 is 17.7 Å².